The maximum Gasteiger partial charge on any atom is 0.303 e. The number of hydrogen-bond donors (Lipinski definition) is 3. The van der Waals surface area contributed by atoms with Crippen LogP contribution in [0, 0.1) is 11.8 Å². The van der Waals surface area contributed by atoms with E-state index in [0.29, 0.717) is 6.42 Å². The molecule has 0 aromatic heterocycles. The third kappa shape index (κ3) is 9.91. The summed E-state index contributed by atoms with van der Waals surface area (Å²) >= 11 is 0. The average Bonchev–Trinajstić information content (AvgIpc) is 2.59. The maximum absolute atomic E-state index is 12.1. The van der Waals surface area contributed by atoms with E-state index >= 15 is 0 Å². The van der Waals surface area contributed by atoms with Gasteiger partial charge in [-0.3, -0.25) is 9.59 Å². The van der Waals surface area contributed by atoms with E-state index in [-0.39, 0.29) is 18.2 Å². The minimum atomic E-state index is -0.725. The normalized spacial score (nSPS) is 20.7. The third-order valence-corrected chi connectivity index (χ3v) is 5.12. The monoisotopic (exact) mass is 340 g/mol. The number of carbonyl (C=O) groups is 2. The second-order valence-corrected chi connectivity index (χ2v) is 7.08. The van der Waals surface area contributed by atoms with E-state index in [4.69, 9.17) is 5.11 Å². The third-order valence-electron chi connectivity index (χ3n) is 5.12. The van der Waals surface area contributed by atoms with Gasteiger partial charge in [0.05, 0.1) is 0 Å². The molecule has 3 N–H and O–H groups in total. The number of rotatable bonds is 13. The fourth-order valence-corrected chi connectivity index (χ4v) is 3.41. The lowest BCUT2D eigenvalue weighted by atomic mass is 9.80. The molecule has 0 aliphatic heterocycles. The number of amides is 1. The SMILES string of the molecule is CCC1CCC(C(=O)NCCCCCCNCCCC(=O)O)CC1. The fourth-order valence-electron chi connectivity index (χ4n) is 3.41. The first kappa shape index (κ1) is 20.9. The lowest BCUT2D eigenvalue weighted by Crippen LogP contribution is -2.33. The molecule has 0 saturated heterocycles. The highest BCUT2D eigenvalue weighted by Crippen LogP contribution is 2.30. The Morgan fingerprint density at radius 3 is 2.17 bits per heavy atom. The fraction of sp³-hybridized carbons (Fsp3) is 0.895. The molecule has 0 unspecified atom stereocenters. The van der Waals surface area contributed by atoms with Gasteiger partial charge in [-0.1, -0.05) is 26.2 Å². The summed E-state index contributed by atoms with van der Waals surface area (Å²) in [4.78, 5) is 22.5. The van der Waals surface area contributed by atoms with Crippen LogP contribution in [-0.2, 0) is 9.59 Å². The molecule has 0 atom stereocenters. The summed E-state index contributed by atoms with van der Waals surface area (Å²) in [7, 11) is 0. The molecule has 0 spiro atoms. The quantitative estimate of drug-likeness (QED) is 0.449. The number of carbonyl (C=O) groups excluding carboxylic acids is 1. The van der Waals surface area contributed by atoms with Crippen LogP contribution in [0.25, 0.3) is 0 Å². The molecule has 0 bridgehead atoms. The molecule has 5 heteroatoms. The standard InChI is InChI=1S/C19H36N2O3/c1-2-16-9-11-17(12-10-16)19(24)21-15-6-4-3-5-13-20-14-7-8-18(22)23/h16-17,20H,2-15H2,1H3,(H,21,24)(H,22,23). The zero-order valence-electron chi connectivity index (χ0n) is 15.3. The minimum absolute atomic E-state index is 0.243. The van der Waals surface area contributed by atoms with Crippen molar-refractivity contribution in [3.63, 3.8) is 0 Å². The number of hydrogen-bond acceptors (Lipinski definition) is 3. The Balaban J connectivity index is 1.86. The Morgan fingerprint density at radius 2 is 1.54 bits per heavy atom. The van der Waals surface area contributed by atoms with Gasteiger partial charge in [0, 0.05) is 18.9 Å². The van der Waals surface area contributed by atoms with Gasteiger partial charge in [-0.15, -0.1) is 0 Å². The van der Waals surface area contributed by atoms with Gasteiger partial charge in [-0.2, -0.15) is 0 Å². The number of aliphatic carboxylic acids is 1. The largest absolute Gasteiger partial charge is 0.481 e. The van der Waals surface area contributed by atoms with Crippen LogP contribution in [0.5, 0.6) is 0 Å². The highest BCUT2D eigenvalue weighted by Gasteiger charge is 2.24. The molecule has 1 amide bonds. The summed E-state index contributed by atoms with van der Waals surface area (Å²) in [5, 5.41) is 14.9. The summed E-state index contributed by atoms with van der Waals surface area (Å²) in [6, 6.07) is 0. The van der Waals surface area contributed by atoms with E-state index in [1.165, 1.54) is 19.3 Å². The van der Waals surface area contributed by atoms with Crippen molar-refractivity contribution in [3.8, 4) is 0 Å². The van der Waals surface area contributed by atoms with E-state index in [2.05, 4.69) is 17.6 Å². The maximum atomic E-state index is 12.1. The first-order chi connectivity index (χ1) is 11.6. The van der Waals surface area contributed by atoms with Crippen LogP contribution >= 0.6 is 0 Å². The van der Waals surface area contributed by atoms with Crippen molar-refractivity contribution in [1.82, 2.24) is 10.6 Å². The minimum Gasteiger partial charge on any atom is -0.481 e. The van der Waals surface area contributed by atoms with Crippen molar-refractivity contribution < 1.29 is 14.7 Å². The highest BCUT2D eigenvalue weighted by atomic mass is 16.4. The molecule has 0 aromatic carbocycles. The zero-order valence-corrected chi connectivity index (χ0v) is 15.3. The Morgan fingerprint density at radius 1 is 0.917 bits per heavy atom. The summed E-state index contributed by atoms with van der Waals surface area (Å²) in [5.41, 5.74) is 0. The summed E-state index contributed by atoms with van der Waals surface area (Å²) < 4.78 is 0. The molecule has 5 nitrogen and oxygen atoms in total. The van der Waals surface area contributed by atoms with E-state index in [9.17, 15) is 9.59 Å². The van der Waals surface area contributed by atoms with Gasteiger partial charge in [0.25, 0.3) is 0 Å². The first-order valence-electron chi connectivity index (χ1n) is 9.83. The number of carboxylic acids is 1. The van der Waals surface area contributed by atoms with E-state index in [1.807, 2.05) is 0 Å². The average molecular weight is 341 g/mol. The van der Waals surface area contributed by atoms with Crippen LogP contribution in [0.1, 0.15) is 77.6 Å². The molecule has 24 heavy (non-hydrogen) atoms. The van der Waals surface area contributed by atoms with E-state index in [1.54, 1.807) is 0 Å². The van der Waals surface area contributed by atoms with E-state index in [0.717, 1.165) is 64.1 Å². The predicted molar refractivity (Wildman–Crippen MR) is 97.0 cm³/mol. The molecule has 0 heterocycles. The van der Waals surface area contributed by atoms with Gasteiger partial charge < -0.3 is 15.7 Å². The van der Waals surface area contributed by atoms with Crippen molar-refractivity contribution in [1.29, 1.82) is 0 Å². The van der Waals surface area contributed by atoms with Crippen molar-refractivity contribution in [2.45, 2.75) is 77.6 Å². The van der Waals surface area contributed by atoms with Crippen LogP contribution in [0.2, 0.25) is 0 Å². The van der Waals surface area contributed by atoms with Gasteiger partial charge in [0.15, 0.2) is 0 Å². The molecule has 1 rings (SSSR count). The molecular formula is C19H36N2O3. The van der Waals surface area contributed by atoms with Gasteiger partial charge in [-0.25, -0.2) is 0 Å². The van der Waals surface area contributed by atoms with E-state index < -0.39 is 5.97 Å². The lowest BCUT2D eigenvalue weighted by Gasteiger charge is -2.26. The summed E-state index contributed by atoms with van der Waals surface area (Å²) in [6.45, 7) is 4.78. The molecule has 1 saturated carbocycles. The molecule has 1 aliphatic carbocycles. The second-order valence-electron chi connectivity index (χ2n) is 7.08. The van der Waals surface area contributed by atoms with Gasteiger partial charge in [0.1, 0.15) is 0 Å². The predicted octanol–water partition coefficient (Wildman–Crippen LogP) is 3.33. The van der Waals surface area contributed by atoms with Gasteiger partial charge in [0.2, 0.25) is 5.91 Å². The van der Waals surface area contributed by atoms with Crippen LogP contribution in [-0.4, -0.2) is 36.6 Å². The van der Waals surface area contributed by atoms with Crippen molar-refractivity contribution >= 4 is 11.9 Å². The molecule has 0 radical (unpaired) electrons. The highest BCUT2D eigenvalue weighted by molar-refractivity contribution is 5.78. The van der Waals surface area contributed by atoms with Crippen LogP contribution < -0.4 is 10.6 Å². The first-order valence-corrected chi connectivity index (χ1v) is 9.83. The molecule has 1 fully saturated rings. The number of carboxylic acid groups (broad SMARTS) is 1. The second kappa shape index (κ2) is 13.2. The van der Waals surface area contributed by atoms with Crippen molar-refractivity contribution in [2.75, 3.05) is 19.6 Å². The Bertz CT molecular complexity index is 353. The summed E-state index contributed by atoms with van der Waals surface area (Å²) in [6.07, 6.45) is 11.2. The van der Waals surface area contributed by atoms with Crippen molar-refractivity contribution in [3.05, 3.63) is 0 Å². The zero-order chi connectivity index (χ0) is 17.6. The van der Waals surface area contributed by atoms with Crippen molar-refractivity contribution in [2.24, 2.45) is 11.8 Å². The van der Waals surface area contributed by atoms with Gasteiger partial charge >= 0.3 is 5.97 Å². The Hall–Kier alpha value is -1.10. The molecule has 1 aliphatic rings. The lowest BCUT2D eigenvalue weighted by molar-refractivity contribution is -0.137. The molecule has 0 aromatic rings. The van der Waals surface area contributed by atoms with Crippen LogP contribution in [0.15, 0.2) is 0 Å². The molecule has 140 valence electrons. The molecular weight excluding hydrogens is 304 g/mol. The van der Waals surface area contributed by atoms with Gasteiger partial charge in [-0.05, 0) is 64.0 Å². The van der Waals surface area contributed by atoms with Crippen LogP contribution in [0.3, 0.4) is 0 Å². The summed E-state index contributed by atoms with van der Waals surface area (Å²) in [5.74, 6) is 0.636. The number of nitrogens with one attached hydrogen (secondary N) is 2. The number of unbranched alkanes of at least 4 members (excludes halogenated alkanes) is 3. The smallest absolute Gasteiger partial charge is 0.303 e. The Kier molecular flexibility index (Phi) is 11.5. The topological polar surface area (TPSA) is 78.4 Å². The Labute approximate surface area is 147 Å². The van der Waals surface area contributed by atoms with Crippen LogP contribution in [0.4, 0.5) is 0 Å².